The van der Waals surface area contributed by atoms with Crippen LogP contribution in [0, 0.1) is 4.64 Å². The summed E-state index contributed by atoms with van der Waals surface area (Å²) >= 11 is 4.89. The molecule has 9 heteroatoms. The zero-order chi connectivity index (χ0) is 14.9. The summed E-state index contributed by atoms with van der Waals surface area (Å²) in [7, 11) is 1.20. The van der Waals surface area contributed by atoms with Crippen molar-refractivity contribution in [2.24, 2.45) is 0 Å². The average Bonchev–Trinajstić information content (AvgIpc) is 2.79. The Kier molecular flexibility index (Phi) is 4.33. The zero-order valence-electron chi connectivity index (χ0n) is 10.6. The highest BCUT2D eigenvalue weighted by Gasteiger charge is 2.35. The molecule has 20 heavy (non-hydrogen) atoms. The van der Waals surface area contributed by atoms with Crippen LogP contribution in [0.5, 0.6) is 0 Å². The van der Waals surface area contributed by atoms with Crippen molar-refractivity contribution in [1.29, 1.82) is 0 Å². The molecule has 2 rings (SSSR count). The number of nitrogens with one attached hydrogen (secondary N) is 1. The van der Waals surface area contributed by atoms with Crippen LogP contribution in [0.3, 0.4) is 0 Å². The molecule has 0 aromatic carbocycles. The van der Waals surface area contributed by atoms with E-state index in [2.05, 4.69) is 9.72 Å². The summed E-state index contributed by atoms with van der Waals surface area (Å²) < 4.78 is 11.0. The molecular formula is C11H14N2O6S. The number of hydrogen-bond donors (Lipinski definition) is 3. The topological polar surface area (TPSA) is 114 Å². The molecule has 1 aliphatic rings. The van der Waals surface area contributed by atoms with Crippen LogP contribution in [0.2, 0.25) is 0 Å². The van der Waals surface area contributed by atoms with Crippen molar-refractivity contribution in [3.05, 3.63) is 26.9 Å². The van der Waals surface area contributed by atoms with Gasteiger partial charge >= 0.3 is 11.7 Å². The van der Waals surface area contributed by atoms with E-state index >= 15 is 0 Å². The number of carbonyl (C=O) groups excluding carboxylic acids is 1. The molecule has 1 saturated heterocycles. The summed E-state index contributed by atoms with van der Waals surface area (Å²) in [5.41, 5.74) is -0.550. The maximum atomic E-state index is 11.9. The molecule has 1 aromatic rings. The Morgan fingerprint density at radius 3 is 2.95 bits per heavy atom. The van der Waals surface area contributed by atoms with Crippen molar-refractivity contribution < 1.29 is 24.5 Å². The monoisotopic (exact) mass is 302 g/mol. The Hall–Kier alpha value is -1.55. The fraction of sp³-hybridized carbons (Fsp3) is 0.545. The largest absolute Gasteiger partial charge is 0.465 e. The molecule has 8 nitrogen and oxygen atoms in total. The number of hydrogen-bond acceptors (Lipinski definition) is 7. The predicted octanol–water partition coefficient (Wildman–Crippen LogP) is -0.667. The van der Waals surface area contributed by atoms with E-state index in [1.807, 2.05) is 0 Å². The van der Waals surface area contributed by atoms with Crippen LogP contribution in [0.4, 0.5) is 0 Å². The van der Waals surface area contributed by atoms with Gasteiger partial charge in [0.15, 0.2) is 0 Å². The fourth-order valence-corrected chi connectivity index (χ4v) is 2.23. The third-order valence-corrected chi connectivity index (χ3v) is 3.39. The van der Waals surface area contributed by atoms with Gasteiger partial charge in [-0.15, -0.1) is 0 Å². The van der Waals surface area contributed by atoms with Gasteiger partial charge < -0.3 is 19.7 Å². The van der Waals surface area contributed by atoms with Gasteiger partial charge in [0.1, 0.15) is 22.5 Å². The van der Waals surface area contributed by atoms with Gasteiger partial charge in [-0.2, -0.15) is 0 Å². The van der Waals surface area contributed by atoms with Crippen LogP contribution >= 0.6 is 12.2 Å². The highest BCUT2D eigenvalue weighted by Crippen LogP contribution is 2.27. The van der Waals surface area contributed by atoms with Gasteiger partial charge in [-0.05, 0) is 0 Å². The van der Waals surface area contributed by atoms with Crippen LogP contribution in [0.15, 0.2) is 11.0 Å². The molecule has 110 valence electrons. The number of ether oxygens (including phenoxy) is 2. The van der Waals surface area contributed by atoms with Crippen molar-refractivity contribution in [2.45, 2.75) is 24.9 Å². The Balaban J connectivity index is 2.40. The second-order valence-corrected chi connectivity index (χ2v) is 4.72. The van der Waals surface area contributed by atoms with Gasteiger partial charge in [0, 0.05) is 12.6 Å². The van der Waals surface area contributed by atoms with Gasteiger partial charge in [-0.3, -0.25) is 9.55 Å². The molecule has 1 aliphatic heterocycles. The maximum Gasteiger partial charge on any atom is 0.342 e. The molecule has 0 spiro atoms. The molecule has 0 radical (unpaired) electrons. The Labute approximate surface area is 118 Å². The highest BCUT2D eigenvalue weighted by molar-refractivity contribution is 7.71. The number of H-pyrrole nitrogens is 1. The van der Waals surface area contributed by atoms with Gasteiger partial charge in [0.2, 0.25) is 0 Å². The van der Waals surface area contributed by atoms with Crippen LogP contribution in [-0.4, -0.2) is 51.7 Å². The number of aromatic nitrogens is 2. The van der Waals surface area contributed by atoms with Crippen molar-refractivity contribution in [3.63, 3.8) is 0 Å². The number of aliphatic hydroxyl groups excluding tert-OH is 2. The molecule has 0 aliphatic carbocycles. The molecule has 0 bridgehead atoms. The number of nitrogens with zero attached hydrogens (tertiary/aromatic N) is 1. The summed E-state index contributed by atoms with van der Waals surface area (Å²) in [6, 6.07) is 0. The third-order valence-electron chi connectivity index (χ3n) is 3.07. The van der Waals surface area contributed by atoms with E-state index in [1.165, 1.54) is 13.3 Å². The SMILES string of the molecule is COC(=O)c1cn([C@H]2C[C@@H](O)[C@H](CO)O2)c(=O)[nH]c1=S. The Morgan fingerprint density at radius 1 is 1.70 bits per heavy atom. The normalized spacial score (nSPS) is 25.6. The molecule has 0 unspecified atom stereocenters. The lowest BCUT2D eigenvalue weighted by molar-refractivity contribution is -0.0459. The van der Waals surface area contributed by atoms with E-state index < -0.39 is 30.1 Å². The summed E-state index contributed by atoms with van der Waals surface area (Å²) in [5.74, 6) is -0.683. The van der Waals surface area contributed by atoms with E-state index in [0.717, 1.165) is 4.57 Å². The van der Waals surface area contributed by atoms with Crippen molar-refractivity contribution in [3.8, 4) is 0 Å². The van der Waals surface area contributed by atoms with Crippen molar-refractivity contribution in [1.82, 2.24) is 9.55 Å². The second-order valence-electron chi connectivity index (χ2n) is 4.32. The minimum Gasteiger partial charge on any atom is -0.465 e. The number of aromatic amines is 1. The van der Waals surface area contributed by atoms with E-state index in [1.54, 1.807) is 0 Å². The third kappa shape index (κ3) is 2.66. The van der Waals surface area contributed by atoms with Gasteiger partial charge in [0.25, 0.3) is 0 Å². The molecule has 3 atom stereocenters. The molecule has 2 heterocycles. The summed E-state index contributed by atoms with van der Waals surface area (Å²) in [4.78, 5) is 25.7. The van der Waals surface area contributed by atoms with E-state index in [9.17, 15) is 14.7 Å². The summed E-state index contributed by atoms with van der Waals surface area (Å²) in [6.07, 6.45) is -1.09. The minimum atomic E-state index is -0.887. The minimum absolute atomic E-state index is 0.0210. The molecule has 1 fully saturated rings. The standard InChI is InChI=1S/C11H14N2O6S/c1-18-10(16)5-3-13(11(17)12-9(5)20)8-2-6(15)7(4-14)19-8/h3,6-8,14-15H,2,4H2,1H3,(H,12,17,20)/t6-,7+,8-/m1/s1. The summed E-state index contributed by atoms with van der Waals surface area (Å²) in [5, 5.41) is 18.7. The van der Waals surface area contributed by atoms with Gasteiger partial charge in [-0.25, -0.2) is 9.59 Å². The first-order valence-electron chi connectivity index (χ1n) is 5.86. The first kappa shape index (κ1) is 14.9. The number of methoxy groups -OCH3 is 1. The van der Waals surface area contributed by atoms with Crippen LogP contribution < -0.4 is 5.69 Å². The fourth-order valence-electron chi connectivity index (χ4n) is 2.00. The van der Waals surface area contributed by atoms with E-state index in [4.69, 9.17) is 22.1 Å². The zero-order valence-corrected chi connectivity index (χ0v) is 11.4. The smallest absolute Gasteiger partial charge is 0.342 e. The quantitative estimate of drug-likeness (QED) is 0.501. The second kappa shape index (κ2) is 5.83. The van der Waals surface area contributed by atoms with Gasteiger partial charge in [-0.1, -0.05) is 12.2 Å². The highest BCUT2D eigenvalue weighted by atomic mass is 32.1. The molecule has 3 N–H and O–H groups in total. The predicted molar refractivity (Wildman–Crippen MR) is 68.8 cm³/mol. The van der Waals surface area contributed by atoms with E-state index in [-0.39, 0.29) is 23.2 Å². The maximum absolute atomic E-state index is 11.9. The lowest BCUT2D eigenvalue weighted by Gasteiger charge is -2.15. The van der Waals surface area contributed by atoms with Crippen molar-refractivity contribution >= 4 is 18.2 Å². The summed E-state index contributed by atoms with van der Waals surface area (Å²) in [6.45, 7) is -0.362. The molecule has 0 saturated carbocycles. The first-order chi connectivity index (χ1) is 9.47. The first-order valence-corrected chi connectivity index (χ1v) is 6.27. The van der Waals surface area contributed by atoms with Crippen LogP contribution in [0.1, 0.15) is 23.0 Å². The lowest BCUT2D eigenvalue weighted by atomic mass is 10.2. The van der Waals surface area contributed by atoms with Crippen LogP contribution in [-0.2, 0) is 9.47 Å². The molecular weight excluding hydrogens is 288 g/mol. The number of rotatable bonds is 3. The average molecular weight is 302 g/mol. The molecule has 1 aromatic heterocycles. The number of aliphatic hydroxyl groups is 2. The Bertz CT molecular complexity index is 624. The van der Waals surface area contributed by atoms with Gasteiger partial charge in [0.05, 0.1) is 19.8 Å². The van der Waals surface area contributed by atoms with Crippen LogP contribution in [0.25, 0.3) is 0 Å². The number of esters is 1. The molecule has 0 amide bonds. The Morgan fingerprint density at radius 2 is 2.40 bits per heavy atom. The number of carbonyl (C=O) groups is 1. The lowest BCUT2D eigenvalue weighted by Crippen LogP contribution is -2.29. The van der Waals surface area contributed by atoms with E-state index in [0.29, 0.717) is 0 Å². The van der Waals surface area contributed by atoms with Crippen molar-refractivity contribution in [2.75, 3.05) is 13.7 Å².